The zero-order valence-electron chi connectivity index (χ0n) is 22.4. The van der Waals surface area contributed by atoms with Crippen molar-refractivity contribution in [2.75, 3.05) is 17.7 Å². The van der Waals surface area contributed by atoms with Crippen LogP contribution < -0.4 is 4.90 Å². The molecule has 5 rings (SSSR count). The number of sulfonamides is 1. The van der Waals surface area contributed by atoms with E-state index in [-0.39, 0.29) is 16.3 Å². The fourth-order valence-electron chi connectivity index (χ4n) is 5.05. The van der Waals surface area contributed by atoms with E-state index in [1.165, 1.54) is 27.8 Å². The molecule has 1 aliphatic rings. The lowest BCUT2D eigenvalue weighted by atomic mass is 9.95. The van der Waals surface area contributed by atoms with E-state index in [0.717, 1.165) is 23.2 Å². The maximum absolute atomic E-state index is 14.2. The number of nitrogens with zero attached hydrogens (tertiary/aromatic N) is 5. The molecule has 2 aromatic carbocycles. The molecule has 0 radical (unpaired) electrons. The summed E-state index contributed by atoms with van der Waals surface area (Å²) in [6, 6.07) is 13.6. The summed E-state index contributed by atoms with van der Waals surface area (Å²) in [5, 5.41) is 13.0. The minimum atomic E-state index is -3.92. The molecule has 1 atom stereocenters. The van der Waals surface area contributed by atoms with Crippen LogP contribution in [0.1, 0.15) is 27.9 Å². The van der Waals surface area contributed by atoms with Crippen molar-refractivity contribution in [3.63, 3.8) is 0 Å². The lowest BCUT2D eigenvalue weighted by Crippen LogP contribution is -2.50. The van der Waals surface area contributed by atoms with Crippen LogP contribution in [0, 0.1) is 18.3 Å². The highest BCUT2D eigenvalue weighted by Crippen LogP contribution is 2.35. The largest absolute Gasteiger partial charge is 0.364 e. The number of aromatic nitrogens is 2. The molecule has 0 N–H and O–H groups in total. The average Bonchev–Trinajstić information content (AvgIpc) is 3.54. The zero-order chi connectivity index (χ0) is 28.7. The van der Waals surface area contributed by atoms with E-state index in [9.17, 15) is 22.1 Å². The molecular formula is C28H29N5O4S3. The summed E-state index contributed by atoms with van der Waals surface area (Å²) >= 11 is 1.34. The summed E-state index contributed by atoms with van der Waals surface area (Å²) in [5.41, 5.74) is 4.69. The van der Waals surface area contributed by atoms with Crippen molar-refractivity contribution in [1.29, 1.82) is 5.26 Å². The second kappa shape index (κ2) is 10.8. The fourth-order valence-corrected chi connectivity index (χ4v) is 8.68. The van der Waals surface area contributed by atoms with Gasteiger partial charge in [0, 0.05) is 49.7 Å². The SMILES string of the molecule is Cc1cscc1S(=O)(=O)N(Cc1ccc(S(C)(=O)=O)cc1)C1Cc2cc(C#N)ccc2N(Cc2cncn2C)C1. The Morgan fingerprint density at radius 3 is 2.48 bits per heavy atom. The van der Waals surface area contributed by atoms with Crippen molar-refractivity contribution in [2.24, 2.45) is 7.05 Å². The molecule has 9 nitrogen and oxygen atoms in total. The van der Waals surface area contributed by atoms with Crippen LogP contribution in [0.2, 0.25) is 0 Å². The van der Waals surface area contributed by atoms with E-state index in [0.29, 0.717) is 36.2 Å². The number of fused-ring (bicyclic) bond motifs is 1. The topological polar surface area (TPSA) is 116 Å². The first-order valence-corrected chi connectivity index (χ1v) is 16.8. The predicted octanol–water partition coefficient (Wildman–Crippen LogP) is 3.89. The lowest BCUT2D eigenvalue weighted by molar-refractivity contribution is 0.302. The standard InChI is InChI=1S/C28H29N5O4S3/c1-20-17-38-18-28(20)40(36,37)33(14-21-4-7-26(8-5-21)39(3,34)35)24-11-23-10-22(12-29)6-9-27(23)32(15-24)16-25-13-30-19-31(25)2/h4-10,13,17-19,24H,11,14-16H2,1-3H3. The van der Waals surface area contributed by atoms with E-state index in [1.54, 1.807) is 43.0 Å². The molecule has 0 bridgehead atoms. The van der Waals surface area contributed by atoms with Crippen LogP contribution in [0.5, 0.6) is 0 Å². The highest BCUT2D eigenvalue weighted by atomic mass is 32.2. The van der Waals surface area contributed by atoms with E-state index in [2.05, 4.69) is 16.0 Å². The average molecular weight is 596 g/mol. The number of hydrogen-bond acceptors (Lipinski definition) is 8. The molecule has 0 saturated carbocycles. The number of nitriles is 1. The first-order valence-electron chi connectivity index (χ1n) is 12.5. The van der Waals surface area contributed by atoms with Gasteiger partial charge in [-0.3, -0.25) is 0 Å². The lowest BCUT2D eigenvalue weighted by Gasteiger charge is -2.41. The van der Waals surface area contributed by atoms with Crippen LogP contribution in [0.3, 0.4) is 0 Å². The van der Waals surface area contributed by atoms with Crippen molar-refractivity contribution in [3.8, 4) is 6.07 Å². The normalized spacial score (nSPS) is 15.7. The highest BCUT2D eigenvalue weighted by Gasteiger charge is 2.37. The molecular weight excluding hydrogens is 567 g/mol. The molecule has 0 saturated heterocycles. The number of aryl methyl sites for hydroxylation is 2. The Hall–Kier alpha value is -3.50. The van der Waals surface area contributed by atoms with E-state index in [1.807, 2.05) is 29.1 Å². The van der Waals surface area contributed by atoms with Gasteiger partial charge in [0.2, 0.25) is 10.0 Å². The molecule has 1 unspecified atom stereocenters. The predicted molar refractivity (Wildman–Crippen MR) is 154 cm³/mol. The molecule has 40 heavy (non-hydrogen) atoms. The summed E-state index contributed by atoms with van der Waals surface area (Å²) in [5.74, 6) is 0. The number of hydrogen-bond donors (Lipinski definition) is 0. The molecule has 0 amide bonds. The van der Waals surface area contributed by atoms with Crippen molar-refractivity contribution in [3.05, 3.63) is 93.7 Å². The van der Waals surface area contributed by atoms with Gasteiger partial charge in [0.05, 0.1) is 40.0 Å². The zero-order valence-corrected chi connectivity index (χ0v) is 24.8. The van der Waals surface area contributed by atoms with Crippen molar-refractivity contribution in [1.82, 2.24) is 13.9 Å². The Morgan fingerprint density at radius 1 is 1.12 bits per heavy atom. The first-order chi connectivity index (χ1) is 19.0. The number of sulfone groups is 1. The van der Waals surface area contributed by atoms with Crippen LogP contribution in [0.25, 0.3) is 0 Å². The van der Waals surface area contributed by atoms with Crippen molar-refractivity contribution >= 4 is 36.9 Å². The van der Waals surface area contributed by atoms with Crippen LogP contribution >= 0.6 is 11.3 Å². The number of thiophene rings is 1. The van der Waals surface area contributed by atoms with Gasteiger partial charge in [-0.1, -0.05) is 12.1 Å². The van der Waals surface area contributed by atoms with E-state index in [4.69, 9.17) is 0 Å². The van der Waals surface area contributed by atoms with E-state index < -0.39 is 25.9 Å². The Morgan fingerprint density at radius 2 is 1.88 bits per heavy atom. The summed E-state index contributed by atoms with van der Waals surface area (Å²) in [6.45, 7) is 2.79. The Kier molecular flexibility index (Phi) is 7.58. The second-order valence-electron chi connectivity index (χ2n) is 10.1. The van der Waals surface area contributed by atoms with Gasteiger partial charge < -0.3 is 9.47 Å². The number of anilines is 1. The van der Waals surface area contributed by atoms with Gasteiger partial charge in [-0.25, -0.2) is 21.8 Å². The molecule has 208 valence electrons. The molecule has 4 aromatic rings. The monoisotopic (exact) mass is 595 g/mol. The molecule has 0 aliphatic carbocycles. The van der Waals surface area contributed by atoms with E-state index >= 15 is 0 Å². The van der Waals surface area contributed by atoms with Gasteiger partial charge in [-0.15, -0.1) is 0 Å². The Labute approximate surface area is 238 Å². The summed E-state index contributed by atoms with van der Waals surface area (Å²) < 4.78 is 55.8. The van der Waals surface area contributed by atoms with Gasteiger partial charge in [-0.2, -0.15) is 20.9 Å². The third-order valence-corrected chi connectivity index (χ3v) is 11.4. The molecule has 0 spiro atoms. The quantitative estimate of drug-likeness (QED) is 0.303. The van der Waals surface area contributed by atoms with Gasteiger partial charge in [0.1, 0.15) is 0 Å². The molecule has 3 heterocycles. The summed E-state index contributed by atoms with van der Waals surface area (Å²) in [4.78, 5) is 6.81. The third kappa shape index (κ3) is 5.55. The van der Waals surface area contributed by atoms with Crippen LogP contribution in [0.15, 0.2) is 75.5 Å². The number of rotatable bonds is 8. The number of benzene rings is 2. The highest BCUT2D eigenvalue weighted by molar-refractivity contribution is 7.90. The Balaban J connectivity index is 1.58. The molecule has 12 heteroatoms. The smallest absolute Gasteiger partial charge is 0.244 e. The van der Waals surface area contributed by atoms with Crippen LogP contribution in [-0.2, 0) is 46.4 Å². The maximum Gasteiger partial charge on any atom is 0.244 e. The summed E-state index contributed by atoms with van der Waals surface area (Å²) in [7, 11) is -5.39. The molecule has 1 aliphatic heterocycles. The maximum atomic E-state index is 14.2. The minimum absolute atomic E-state index is 0.0686. The second-order valence-corrected chi connectivity index (χ2v) is 14.7. The number of imidazole rings is 1. The fraction of sp³-hybridized carbons (Fsp3) is 0.286. The van der Waals surface area contributed by atoms with Crippen molar-refractivity contribution < 1.29 is 16.8 Å². The molecule has 0 fully saturated rings. The summed E-state index contributed by atoms with van der Waals surface area (Å²) in [6.07, 6.45) is 5.09. The van der Waals surface area contributed by atoms with Gasteiger partial charge in [0.25, 0.3) is 0 Å². The van der Waals surface area contributed by atoms with Crippen molar-refractivity contribution in [2.45, 2.75) is 42.3 Å². The molecule has 2 aromatic heterocycles. The first kappa shape index (κ1) is 28.0. The van der Waals surface area contributed by atoms with Crippen LogP contribution in [0.4, 0.5) is 5.69 Å². The Bertz CT molecular complexity index is 1800. The van der Waals surface area contributed by atoms with Gasteiger partial charge >= 0.3 is 0 Å². The minimum Gasteiger partial charge on any atom is -0.364 e. The third-order valence-electron chi connectivity index (χ3n) is 7.20. The van der Waals surface area contributed by atoms with Gasteiger partial charge in [0.15, 0.2) is 9.84 Å². The van der Waals surface area contributed by atoms with Gasteiger partial charge in [-0.05, 0) is 65.7 Å². The van der Waals surface area contributed by atoms with Crippen LogP contribution in [-0.4, -0.2) is 49.5 Å².